The van der Waals surface area contributed by atoms with Crippen LogP contribution in [0.4, 0.5) is 0 Å². The highest BCUT2D eigenvalue weighted by Crippen LogP contribution is 2.25. The van der Waals surface area contributed by atoms with Crippen LogP contribution in [0.5, 0.6) is 0 Å². The van der Waals surface area contributed by atoms with E-state index >= 15 is 0 Å². The molecule has 0 saturated carbocycles. The molecule has 0 radical (unpaired) electrons. The second kappa shape index (κ2) is 8.97. The van der Waals surface area contributed by atoms with Crippen molar-refractivity contribution in [3.63, 3.8) is 0 Å². The van der Waals surface area contributed by atoms with Gasteiger partial charge in [0.05, 0.1) is 12.2 Å². The van der Waals surface area contributed by atoms with Gasteiger partial charge < -0.3 is 14.9 Å². The monoisotopic (exact) mass is 232 g/mol. The van der Waals surface area contributed by atoms with Gasteiger partial charge in [-0.3, -0.25) is 0 Å². The van der Waals surface area contributed by atoms with Gasteiger partial charge >= 0.3 is 0 Å². The smallest absolute Gasteiger partial charge is 0.106 e. The van der Waals surface area contributed by atoms with Gasteiger partial charge in [-0.1, -0.05) is 40.0 Å². The minimum absolute atomic E-state index is 0.226. The van der Waals surface area contributed by atoms with Gasteiger partial charge in [0.15, 0.2) is 0 Å². The summed E-state index contributed by atoms with van der Waals surface area (Å²) in [6.45, 7) is 6.62. The third-order valence-corrected chi connectivity index (χ3v) is 3.36. The van der Waals surface area contributed by atoms with Gasteiger partial charge in [0.25, 0.3) is 0 Å². The molecule has 0 saturated heterocycles. The first kappa shape index (κ1) is 15.9. The molecule has 2 N–H and O–H groups in total. The summed E-state index contributed by atoms with van der Waals surface area (Å²) in [5.41, 5.74) is -0.555. The summed E-state index contributed by atoms with van der Waals surface area (Å²) in [5, 5.41) is 18.8. The maximum atomic E-state index is 9.80. The Morgan fingerprint density at radius 1 is 1.06 bits per heavy atom. The minimum Gasteiger partial charge on any atom is -0.394 e. The fourth-order valence-electron chi connectivity index (χ4n) is 1.99. The summed E-state index contributed by atoms with van der Waals surface area (Å²) in [4.78, 5) is 0. The van der Waals surface area contributed by atoms with Gasteiger partial charge in [-0.2, -0.15) is 0 Å². The van der Waals surface area contributed by atoms with Gasteiger partial charge in [0.2, 0.25) is 0 Å². The van der Waals surface area contributed by atoms with E-state index < -0.39 is 11.7 Å². The lowest BCUT2D eigenvalue weighted by molar-refractivity contribution is -0.142. The molecule has 1 atom stereocenters. The molecule has 3 heteroatoms. The van der Waals surface area contributed by atoms with Crippen LogP contribution in [0.3, 0.4) is 0 Å². The molecule has 0 fully saturated rings. The van der Waals surface area contributed by atoms with Crippen molar-refractivity contribution in [2.24, 2.45) is 0 Å². The van der Waals surface area contributed by atoms with E-state index in [-0.39, 0.29) is 6.61 Å². The number of hydrogen-bond acceptors (Lipinski definition) is 3. The number of aliphatic hydroxyl groups is 2. The van der Waals surface area contributed by atoms with Crippen LogP contribution >= 0.6 is 0 Å². The average Bonchev–Trinajstić information content (AvgIpc) is 2.33. The highest BCUT2D eigenvalue weighted by molar-refractivity contribution is 4.85. The fraction of sp³-hybridized carbons (Fsp3) is 1.00. The SMILES string of the molecule is CCCCCCOC(CC)(CC)C(O)CO. The highest BCUT2D eigenvalue weighted by atomic mass is 16.5. The molecule has 0 aromatic carbocycles. The molecule has 0 amide bonds. The second-order valence-corrected chi connectivity index (χ2v) is 4.38. The molecule has 0 aliphatic heterocycles. The zero-order chi connectivity index (χ0) is 12.4. The van der Waals surface area contributed by atoms with Crippen LogP contribution < -0.4 is 0 Å². The number of aliphatic hydroxyl groups excluding tert-OH is 2. The van der Waals surface area contributed by atoms with E-state index in [1.54, 1.807) is 0 Å². The lowest BCUT2D eigenvalue weighted by Crippen LogP contribution is -2.46. The van der Waals surface area contributed by atoms with Crippen LogP contribution in [-0.4, -0.2) is 35.1 Å². The number of rotatable bonds is 10. The van der Waals surface area contributed by atoms with Crippen LogP contribution in [0.25, 0.3) is 0 Å². The van der Waals surface area contributed by atoms with E-state index in [0.717, 1.165) is 19.3 Å². The lowest BCUT2D eigenvalue weighted by Gasteiger charge is -2.35. The minimum atomic E-state index is -0.770. The van der Waals surface area contributed by atoms with Crippen molar-refractivity contribution in [2.75, 3.05) is 13.2 Å². The molecule has 0 aromatic heterocycles. The molecule has 0 heterocycles. The first-order valence-electron chi connectivity index (χ1n) is 6.59. The largest absolute Gasteiger partial charge is 0.394 e. The van der Waals surface area contributed by atoms with Crippen molar-refractivity contribution >= 4 is 0 Å². The fourth-order valence-corrected chi connectivity index (χ4v) is 1.99. The number of hydrogen-bond donors (Lipinski definition) is 2. The van der Waals surface area contributed by atoms with E-state index in [0.29, 0.717) is 6.61 Å². The third-order valence-electron chi connectivity index (χ3n) is 3.36. The van der Waals surface area contributed by atoms with Crippen LogP contribution in [0, 0.1) is 0 Å². The Bertz CT molecular complexity index is 155. The normalized spacial score (nSPS) is 14.1. The van der Waals surface area contributed by atoms with Crippen molar-refractivity contribution in [3.8, 4) is 0 Å². The van der Waals surface area contributed by atoms with E-state index in [4.69, 9.17) is 9.84 Å². The van der Waals surface area contributed by atoms with Crippen LogP contribution in [0.1, 0.15) is 59.3 Å². The van der Waals surface area contributed by atoms with Crippen LogP contribution in [0.2, 0.25) is 0 Å². The molecule has 0 bridgehead atoms. The van der Waals surface area contributed by atoms with E-state index in [1.165, 1.54) is 19.3 Å². The topological polar surface area (TPSA) is 49.7 Å². The summed E-state index contributed by atoms with van der Waals surface area (Å²) < 4.78 is 5.82. The molecule has 16 heavy (non-hydrogen) atoms. The maximum Gasteiger partial charge on any atom is 0.106 e. The third kappa shape index (κ3) is 4.81. The summed E-state index contributed by atoms with van der Waals surface area (Å²) in [5.74, 6) is 0. The zero-order valence-corrected chi connectivity index (χ0v) is 11.0. The predicted octanol–water partition coefficient (Wildman–Crippen LogP) is 2.50. The molecular weight excluding hydrogens is 204 g/mol. The lowest BCUT2D eigenvalue weighted by atomic mass is 9.90. The Balaban J connectivity index is 4.02. The Morgan fingerprint density at radius 2 is 1.69 bits per heavy atom. The summed E-state index contributed by atoms with van der Waals surface area (Å²) >= 11 is 0. The van der Waals surface area contributed by atoms with Crippen molar-refractivity contribution < 1.29 is 14.9 Å². The first-order valence-corrected chi connectivity index (χ1v) is 6.59. The van der Waals surface area contributed by atoms with E-state index in [1.807, 2.05) is 13.8 Å². The molecule has 3 nitrogen and oxygen atoms in total. The van der Waals surface area contributed by atoms with Crippen molar-refractivity contribution in [2.45, 2.75) is 71.0 Å². The number of ether oxygens (including phenoxy) is 1. The molecular formula is C13H28O3. The number of unbranched alkanes of at least 4 members (excludes halogenated alkanes) is 3. The van der Waals surface area contributed by atoms with Gasteiger partial charge in [-0.15, -0.1) is 0 Å². The van der Waals surface area contributed by atoms with Crippen molar-refractivity contribution in [3.05, 3.63) is 0 Å². The molecule has 0 aromatic rings. The van der Waals surface area contributed by atoms with Gasteiger partial charge in [0, 0.05) is 6.61 Å². The Morgan fingerprint density at radius 3 is 2.12 bits per heavy atom. The first-order chi connectivity index (χ1) is 7.66. The van der Waals surface area contributed by atoms with Gasteiger partial charge in [-0.25, -0.2) is 0 Å². The maximum absolute atomic E-state index is 9.80. The molecule has 0 aliphatic rings. The summed E-state index contributed by atoms with van der Waals surface area (Å²) in [6, 6.07) is 0. The van der Waals surface area contributed by atoms with Crippen LogP contribution in [-0.2, 0) is 4.74 Å². The van der Waals surface area contributed by atoms with Gasteiger partial charge in [0.1, 0.15) is 6.10 Å². The molecule has 0 spiro atoms. The van der Waals surface area contributed by atoms with Crippen molar-refractivity contribution in [1.29, 1.82) is 0 Å². The molecule has 0 aliphatic carbocycles. The molecule has 1 unspecified atom stereocenters. The molecule has 98 valence electrons. The quantitative estimate of drug-likeness (QED) is 0.569. The second-order valence-electron chi connectivity index (χ2n) is 4.38. The average molecular weight is 232 g/mol. The summed E-state index contributed by atoms with van der Waals surface area (Å²) in [6.07, 6.45) is 5.36. The standard InChI is InChI=1S/C13H28O3/c1-4-7-8-9-10-16-13(5-2,6-3)12(15)11-14/h12,14-15H,4-11H2,1-3H3. The predicted molar refractivity (Wildman–Crippen MR) is 66.5 cm³/mol. The molecule has 0 rings (SSSR count). The Hall–Kier alpha value is -0.120. The van der Waals surface area contributed by atoms with Gasteiger partial charge in [-0.05, 0) is 19.3 Å². The highest BCUT2D eigenvalue weighted by Gasteiger charge is 2.34. The van der Waals surface area contributed by atoms with Crippen molar-refractivity contribution in [1.82, 2.24) is 0 Å². The Labute approximate surface area is 99.8 Å². The Kier molecular flexibility index (Phi) is 8.90. The van der Waals surface area contributed by atoms with Crippen LogP contribution in [0.15, 0.2) is 0 Å². The summed E-state index contributed by atoms with van der Waals surface area (Å²) in [7, 11) is 0. The van der Waals surface area contributed by atoms with E-state index in [2.05, 4.69) is 6.92 Å². The zero-order valence-electron chi connectivity index (χ0n) is 11.0. The van der Waals surface area contributed by atoms with E-state index in [9.17, 15) is 5.11 Å².